The van der Waals surface area contributed by atoms with Crippen molar-refractivity contribution in [2.24, 2.45) is 0 Å². The molecule has 0 atom stereocenters. The van der Waals surface area contributed by atoms with Crippen molar-refractivity contribution in [3.63, 3.8) is 0 Å². The Hall–Kier alpha value is -2.08. The van der Waals surface area contributed by atoms with Crippen LogP contribution < -0.4 is 5.32 Å². The molecule has 0 saturated carbocycles. The van der Waals surface area contributed by atoms with E-state index in [1.54, 1.807) is 18.2 Å². The Kier molecular flexibility index (Phi) is 6.72. The van der Waals surface area contributed by atoms with Crippen LogP contribution in [0.5, 0.6) is 0 Å². The van der Waals surface area contributed by atoms with Crippen LogP contribution in [0.25, 0.3) is 11.3 Å². The van der Waals surface area contributed by atoms with E-state index in [2.05, 4.69) is 15.3 Å². The summed E-state index contributed by atoms with van der Waals surface area (Å²) in [6.45, 7) is 1.87. The fourth-order valence-corrected chi connectivity index (χ4v) is 3.88. The van der Waals surface area contributed by atoms with Gasteiger partial charge >= 0.3 is 0 Å². The van der Waals surface area contributed by atoms with Crippen LogP contribution in [0.4, 0.5) is 5.69 Å². The summed E-state index contributed by atoms with van der Waals surface area (Å²) in [4.78, 5) is 21.1. The molecule has 1 aromatic heterocycles. The first-order valence-electron chi connectivity index (χ1n) is 8.29. The van der Waals surface area contributed by atoms with Crippen molar-refractivity contribution in [3.05, 3.63) is 70.5 Å². The topological polar surface area (TPSA) is 54.9 Å². The molecule has 27 heavy (non-hydrogen) atoms. The molecule has 0 spiro atoms. The van der Waals surface area contributed by atoms with Crippen LogP contribution in [0.15, 0.2) is 59.6 Å². The number of rotatable bonds is 6. The number of carbonyl (C=O) groups is 1. The highest BCUT2D eigenvalue weighted by Crippen LogP contribution is 2.25. The van der Waals surface area contributed by atoms with E-state index in [1.807, 2.05) is 43.3 Å². The summed E-state index contributed by atoms with van der Waals surface area (Å²) in [5.41, 5.74) is 2.51. The first-order chi connectivity index (χ1) is 13.0. The number of nitrogens with zero attached hydrogens (tertiary/aromatic N) is 2. The van der Waals surface area contributed by atoms with E-state index >= 15 is 0 Å². The van der Waals surface area contributed by atoms with Crippen molar-refractivity contribution in [3.8, 4) is 11.3 Å². The van der Waals surface area contributed by atoms with Gasteiger partial charge in [0, 0.05) is 33.5 Å². The van der Waals surface area contributed by atoms with Gasteiger partial charge in [0.15, 0.2) is 0 Å². The van der Waals surface area contributed by atoms with Crippen LogP contribution in [0, 0.1) is 6.92 Å². The molecule has 0 bridgehead atoms. The summed E-state index contributed by atoms with van der Waals surface area (Å²) in [6, 6.07) is 16.9. The quantitative estimate of drug-likeness (QED) is 0.401. The minimum atomic E-state index is -0.102. The Labute approximate surface area is 172 Å². The number of hydrogen-bond donors (Lipinski definition) is 1. The Bertz CT molecular complexity index is 931. The molecule has 4 nitrogen and oxygen atoms in total. The van der Waals surface area contributed by atoms with Gasteiger partial charge in [-0.1, -0.05) is 53.5 Å². The number of aryl methyl sites for hydroxylation is 1. The summed E-state index contributed by atoms with van der Waals surface area (Å²) >= 11 is 13.4. The number of hydrogen-bond acceptors (Lipinski definition) is 4. The number of thioether (sulfide) groups is 1. The molecule has 3 aromatic rings. The highest BCUT2D eigenvalue weighted by molar-refractivity contribution is 7.99. The fraction of sp³-hybridized carbons (Fsp3) is 0.150. The van der Waals surface area contributed by atoms with Crippen LogP contribution in [0.3, 0.4) is 0 Å². The Morgan fingerprint density at radius 1 is 1.04 bits per heavy atom. The van der Waals surface area contributed by atoms with E-state index in [4.69, 9.17) is 23.2 Å². The maximum atomic E-state index is 12.1. The van der Waals surface area contributed by atoms with Crippen molar-refractivity contribution >= 4 is 46.6 Å². The minimum absolute atomic E-state index is 0.102. The summed E-state index contributed by atoms with van der Waals surface area (Å²) in [5.74, 6) is 1.21. The third-order valence-corrected chi connectivity index (χ3v) is 4.96. The molecule has 2 aromatic carbocycles. The molecule has 0 aliphatic heterocycles. The SMILES string of the molecule is Cc1nc(SCCC(=O)Nc2cc(Cl)cc(Cl)c2)cc(-c2ccccc2)n1. The molecule has 0 unspecified atom stereocenters. The number of carbonyl (C=O) groups excluding carboxylic acids is 1. The van der Waals surface area contributed by atoms with Gasteiger partial charge < -0.3 is 5.32 Å². The number of benzene rings is 2. The first-order valence-corrected chi connectivity index (χ1v) is 10.0. The Balaban J connectivity index is 1.58. The molecule has 7 heteroatoms. The molecule has 1 N–H and O–H groups in total. The van der Waals surface area contributed by atoms with Gasteiger partial charge in [-0.25, -0.2) is 9.97 Å². The van der Waals surface area contributed by atoms with Gasteiger partial charge in [-0.3, -0.25) is 4.79 Å². The number of aromatic nitrogens is 2. The van der Waals surface area contributed by atoms with Gasteiger partial charge in [0.1, 0.15) is 10.9 Å². The summed E-state index contributed by atoms with van der Waals surface area (Å²) in [6.07, 6.45) is 0.346. The van der Waals surface area contributed by atoms with E-state index in [0.29, 0.717) is 33.7 Å². The summed E-state index contributed by atoms with van der Waals surface area (Å²) in [5, 5.41) is 4.62. The number of halogens is 2. The number of nitrogens with one attached hydrogen (secondary N) is 1. The highest BCUT2D eigenvalue weighted by atomic mass is 35.5. The molecule has 0 saturated heterocycles. The second-order valence-electron chi connectivity index (χ2n) is 5.81. The zero-order valence-corrected chi connectivity index (χ0v) is 16.9. The predicted molar refractivity (Wildman–Crippen MR) is 113 cm³/mol. The van der Waals surface area contributed by atoms with Crippen molar-refractivity contribution < 1.29 is 4.79 Å². The predicted octanol–water partition coefficient (Wildman–Crippen LogP) is 5.88. The monoisotopic (exact) mass is 417 g/mol. The third kappa shape index (κ3) is 5.96. The largest absolute Gasteiger partial charge is 0.326 e. The van der Waals surface area contributed by atoms with Crippen LogP contribution in [0.2, 0.25) is 10.0 Å². The zero-order valence-electron chi connectivity index (χ0n) is 14.6. The van der Waals surface area contributed by atoms with Gasteiger partial charge in [0.05, 0.1) is 5.69 Å². The Morgan fingerprint density at radius 2 is 1.74 bits per heavy atom. The van der Waals surface area contributed by atoms with Crippen molar-refractivity contribution in [2.75, 3.05) is 11.1 Å². The second-order valence-corrected chi connectivity index (χ2v) is 7.80. The molecule has 3 rings (SSSR count). The minimum Gasteiger partial charge on any atom is -0.326 e. The van der Waals surface area contributed by atoms with Crippen LogP contribution in [-0.4, -0.2) is 21.6 Å². The van der Waals surface area contributed by atoms with E-state index < -0.39 is 0 Å². The lowest BCUT2D eigenvalue weighted by Crippen LogP contribution is -2.12. The average molecular weight is 418 g/mol. The smallest absolute Gasteiger partial charge is 0.225 e. The Morgan fingerprint density at radius 3 is 2.44 bits per heavy atom. The van der Waals surface area contributed by atoms with Crippen molar-refractivity contribution in [1.29, 1.82) is 0 Å². The van der Waals surface area contributed by atoms with E-state index in [0.717, 1.165) is 16.3 Å². The van der Waals surface area contributed by atoms with Gasteiger partial charge in [0.25, 0.3) is 0 Å². The second kappa shape index (κ2) is 9.22. The molecular weight excluding hydrogens is 401 g/mol. The third-order valence-electron chi connectivity index (χ3n) is 3.61. The van der Waals surface area contributed by atoms with Gasteiger partial charge in [0.2, 0.25) is 5.91 Å². The molecule has 0 fully saturated rings. The maximum Gasteiger partial charge on any atom is 0.225 e. The summed E-state index contributed by atoms with van der Waals surface area (Å²) in [7, 11) is 0. The fourth-order valence-electron chi connectivity index (χ4n) is 2.47. The summed E-state index contributed by atoms with van der Waals surface area (Å²) < 4.78 is 0. The molecule has 0 aliphatic rings. The van der Waals surface area contributed by atoms with Gasteiger partial charge in [-0.2, -0.15) is 0 Å². The van der Waals surface area contributed by atoms with E-state index in [1.165, 1.54) is 11.8 Å². The van der Waals surface area contributed by atoms with Crippen molar-refractivity contribution in [1.82, 2.24) is 9.97 Å². The molecule has 1 heterocycles. The lowest BCUT2D eigenvalue weighted by Gasteiger charge is -2.08. The lowest BCUT2D eigenvalue weighted by atomic mass is 10.1. The lowest BCUT2D eigenvalue weighted by molar-refractivity contribution is -0.115. The molecular formula is C20H17Cl2N3OS. The molecule has 138 valence electrons. The standard InChI is InChI=1S/C20H17Cl2N3OS/c1-13-23-18(14-5-3-2-4-6-14)12-20(24-13)27-8-7-19(26)25-17-10-15(21)9-16(22)11-17/h2-6,9-12H,7-8H2,1H3,(H,25,26). The van der Waals surface area contributed by atoms with E-state index in [-0.39, 0.29) is 5.91 Å². The normalized spacial score (nSPS) is 10.6. The molecule has 0 aliphatic carbocycles. The zero-order chi connectivity index (χ0) is 19.2. The number of amides is 1. The van der Waals surface area contributed by atoms with E-state index in [9.17, 15) is 4.79 Å². The first kappa shape index (κ1) is 19.7. The van der Waals surface area contributed by atoms with Crippen molar-refractivity contribution in [2.45, 2.75) is 18.4 Å². The van der Waals surface area contributed by atoms with Gasteiger partial charge in [-0.15, -0.1) is 11.8 Å². The molecule has 1 amide bonds. The highest BCUT2D eigenvalue weighted by Gasteiger charge is 2.08. The number of anilines is 1. The maximum absolute atomic E-state index is 12.1. The molecule has 0 radical (unpaired) electrons. The van der Waals surface area contributed by atoms with Crippen LogP contribution in [-0.2, 0) is 4.79 Å². The average Bonchev–Trinajstić information content (AvgIpc) is 2.61. The van der Waals surface area contributed by atoms with Crippen LogP contribution in [0.1, 0.15) is 12.2 Å². The van der Waals surface area contributed by atoms with Crippen LogP contribution >= 0.6 is 35.0 Å². The van der Waals surface area contributed by atoms with Gasteiger partial charge in [-0.05, 0) is 31.2 Å².